The van der Waals surface area contributed by atoms with Crippen molar-refractivity contribution < 1.29 is 4.39 Å². The lowest BCUT2D eigenvalue weighted by Gasteiger charge is -2.09. The van der Waals surface area contributed by atoms with E-state index < -0.39 is 0 Å². The van der Waals surface area contributed by atoms with Crippen molar-refractivity contribution in [2.24, 2.45) is 0 Å². The highest BCUT2D eigenvalue weighted by molar-refractivity contribution is 5.72. The Labute approximate surface area is 93.9 Å². The summed E-state index contributed by atoms with van der Waals surface area (Å²) in [5, 5.41) is 3.08. The zero-order valence-corrected chi connectivity index (χ0v) is 9.00. The molecule has 3 N–H and O–H groups in total. The minimum Gasteiger partial charge on any atom is -0.397 e. The average molecular weight is 216 g/mol. The number of nitrogens with one attached hydrogen (secondary N) is 1. The number of anilines is 3. The second-order valence-corrected chi connectivity index (χ2v) is 3.73. The molecule has 0 aliphatic carbocycles. The Kier molecular flexibility index (Phi) is 2.77. The molecule has 0 aromatic heterocycles. The Hall–Kier alpha value is -2.03. The molecular weight excluding hydrogens is 203 g/mol. The first-order valence-electron chi connectivity index (χ1n) is 5.04. The van der Waals surface area contributed by atoms with Crippen LogP contribution in [-0.4, -0.2) is 0 Å². The molecule has 0 bridgehead atoms. The summed E-state index contributed by atoms with van der Waals surface area (Å²) in [6, 6.07) is 12.0. The van der Waals surface area contributed by atoms with E-state index in [4.69, 9.17) is 5.73 Å². The summed E-state index contributed by atoms with van der Waals surface area (Å²) in [5.74, 6) is -0.268. The van der Waals surface area contributed by atoms with E-state index in [0.29, 0.717) is 11.4 Å². The van der Waals surface area contributed by atoms with Crippen molar-refractivity contribution in [1.29, 1.82) is 0 Å². The van der Waals surface area contributed by atoms with Gasteiger partial charge in [0.05, 0.1) is 11.4 Å². The maximum Gasteiger partial charge on any atom is 0.125 e. The number of hydrogen-bond donors (Lipinski definition) is 2. The predicted molar refractivity (Wildman–Crippen MR) is 65.3 cm³/mol. The standard InChI is InChI=1S/C13H13FN2/c1-9-5-6-13(12(15)7-9)16-11-4-2-3-10(14)8-11/h2-8,16H,15H2,1H3. The lowest BCUT2D eigenvalue weighted by Crippen LogP contribution is -1.96. The second kappa shape index (κ2) is 4.23. The van der Waals surface area contributed by atoms with Crippen molar-refractivity contribution in [3.05, 3.63) is 53.8 Å². The van der Waals surface area contributed by atoms with Crippen LogP contribution >= 0.6 is 0 Å². The van der Waals surface area contributed by atoms with Gasteiger partial charge in [0.1, 0.15) is 5.82 Å². The molecule has 0 heterocycles. The van der Waals surface area contributed by atoms with E-state index in [2.05, 4.69) is 5.32 Å². The molecule has 2 nitrogen and oxygen atoms in total. The average Bonchev–Trinajstić information content (AvgIpc) is 2.22. The summed E-state index contributed by atoms with van der Waals surface area (Å²) < 4.78 is 13.0. The second-order valence-electron chi connectivity index (χ2n) is 3.73. The van der Waals surface area contributed by atoms with Crippen LogP contribution in [0.4, 0.5) is 21.5 Å². The number of nitrogen functional groups attached to an aromatic ring is 1. The molecule has 0 saturated heterocycles. The molecule has 0 aliphatic heterocycles. The maximum absolute atomic E-state index is 13.0. The van der Waals surface area contributed by atoms with Crippen molar-refractivity contribution in [3.63, 3.8) is 0 Å². The highest BCUT2D eigenvalue weighted by Gasteiger charge is 2.00. The minimum absolute atomic E-state index is 0.268. The number of nitrogens with two attached hydrogens (primary N) is 1. The summed E-state index contributed by atoms with van der Waals surface area (Å²) in [6.45, 7) is 1.97. The molecule has 16 heavy (non-hydrogen) atoms. The smallest absolute Gasteiger partial charge is 0.125 e. The third-order valence-electron chi connectivity index (χ3n) is 2.31. The van der Waals surface area contributed by atoms with Crippen LogP contribution in [0.15, 0.2) is 42.5 Å². The van der Waals surface area contributed by atoms with Gasteiger partial charge < -0.3 is 11.1 Å². The van der Waals surface area contributed by atoms with E-state index in [9.17, 15) is 4.39 Å². The van der Waals surface area contributed by atoms with Crippen LogP contribution < -0.4 is 11.1 Å². The van der Waals surface area contributed by atoms with E-state index in [1.54, 1.807) is 12.1 Å². The molecule has 2 rings (SSSR count). The van der Waals surface area contributed by atoms with Gasteiger partial charge in [0, 0.05) is 5.69 Å². The van der Waals surface area contributed by atoms with E-state index in [0.717, 1.165) is 11.3 Å². The van der Waals surface area contributed by atoms with E-state index >= 15 is 0 Å². The molecular formula is C13H13FN2. The fourth-order valence-electron chi connectivity index (χ4n) is 1.52. The first-order chi connectivity index (χ1) is 7.65. The van der Waals surface area contributed by atoms with Crippen molar-refractivity contribution in [2.75, 3.05) is 11.1 Å². The quantitative estimate of drug-likeness (QED) is 0.754. The molecule has 0 atom stereocenters. The Bertz CT molecular complexity index is 509. The molecule has 0 fully saturated rings. The van der Waals surface area contributed by atoms with Crippen molar-refractivity contribution in [2.45, 2.75) is 6.92 Å². The maximum atomic E-state index is 13.0. The van der Waals surface area contributed by atoms with Gasteiger partial charge >= 0.3 is 0 Å². The SMILES string of the molecule is Cc1ccc(Nc2cccc(F)c2)c(N)c1. The fourth-order valence-corrected chi connectivity index (χ4v) is 1.52. The zero-order valence-electron chi connectivity index (χ0n) is 9.00. The third-order valence-corrected chi connectivity index (χ3v) is 2.31. The molecule has 0 saturated carbocycles. The summed E-state index contributed by atoms with van der Waals surface area (Å²) in [7, 11) is 0. The van der Waals surface area contributed by atoms with E-state index in [1.165, 1.54) is 12.1 Å². The molecule has 0 unspecified atom stereocenters. The fraction of sp³-hybridized carbons (Fsp3) is 0.0769. The Morgan fingerprint density at radius 3 is 2.62 bits per heavy atom. The molecule has 82 valence electrons. The predicted octanol–water partition coefficient (Wildman–Crippen LogP) is 3.46. The number of rotatable bonds is 2. The largest absolute Gasteiger partial charge is 0.397 e. The highest BCUT2D eigenvalue weighted by Crippen LogP contribution is 2.24. The molecule has 0 spiro atoms. The van der Waals surface area contributed by atoms with Gasteiger partial charge in [-0.05, 0) is 42.8 Å². The van der Waals surface area contributed by atoms with Gasteiger partial charge in [0.15, 0.2) is 0 Å². The lowest BCUT2D eigenvalue weighted by atomic mass is 10.2. The van der Waals surface area contributed by atoms with Crippen LogP contribution in [0, 0.1) is 12.7 Å². The molecule has 0 amide bonds. The van der Waals surface area contributed by atoms with Gasteiger partial charge in [-0.15, -0.1) is 0 Å². The lowest BCUT2D eigenvalue weighted by molar-refractivity contribution is 0.628. The van der Waals surface area contributed by atoms with Crippen LogP contribution in [0.25, 0.3) is 0 Å². The van der Waals surface area contributed by atoms with Gasteiger partial charge in [-0.3, -0.25) is 0 Å². The first-order valence-corrected chi connectivity index (χ1v) is 5.04. The van der Waals surface area contributed by atoms with Gasteiger partial charge in [-0.2, -0.15) is 0 Å². The normalized spacial score (nSPS) is 10.1. The van der Waals surface area contributed by atoms with Gasteiger partial charge in [-0.25, -0.2) is 4.39 Å². The summed E-state index contributed by atoms with van der Waals surface area (Å²) in [6.07, 6.45) is 0. The van der Waals surface area contributed by atoms with Crippen LogP contribution in [0.1, 0.15) is 5.56 Å². The summed E-state index contributed by atoms with van der Waals surface area (Å²) in [5.41, 5.74) is 9.09. The van der Waals surface area contributed by atoms with Crippen LogP contribution in [0.2, 0.25) is 0 Å². The number of aryl methyl sites for hydroxylation is 1. The Morgan fingerprint density at radius 1 is 1.12 bits per heavy atom. The van der Waals surface area contributed by atoms with Crippen molar-refractivity contribution in [3.8, 4) is 0 Å². The molecule has 0 aliphatic rings. The Balaban J connectivity index is 2.27. The summed E-state index contributed by atoms with van der Waals surface area (Å²) in [4.78, 5) is 0. The number of hydrogen-bond acceptors (Lipinski definition) is 2. The zero-order chi connectivity index (χ0) is 11.5. The van der Waals surface area contributed by atoms with E-state index in [-0.39, 0.29) is 5.82 Å². The van der Waals surface area contributed by atoms with E-state index in [1.807, 2.05) is 25.1 Å². The minimum atomic E-state index is -0.268. The van der Waals surface area contributed by atoms with Gasteiger partial charge in [0.2, 0.25) is 0 Å². The van der Waals surface area contributed by atoms with Crippen LogP contribution in [-0.2, 0) is 0 Å². The van der Waals surface area contributed by atoms with Gasteiger partial charge in [0.25, 0.3) is 0 Å². The van der Waals surface area contributed by atoms with Crippen molar-refractivity contribution in [1.82, 2.24) is 0 Å². The summed E-state index contributed by atoms with van der Waals surface area (Å²) >= 11 is 0. The van der Waals surface area contributed by atoms with Crippen molar-refractivity contribution >= 4 is 17.1 Å². The number of benzene rings is 2. The highest BCUT2D eigenvalue weighted by atomic mass is 19.1. The Morgan fingerprint density at radius 2 is 1.94 bits per heavy atom. The third kappa shape index (κ3) is 2.31. The van der Waals surface area contributed by atoms with Crippen LogP contribution in [0.3, 0.4) is 0 Å². The topological polar surface area (TPSA) is 38.0 Å². The molecule has 2 aromatic carbocycles. The monoisotopic (exact) mass is 216 g/mol. The molecule has 2 aromatic rings. The number of halogens is 1. The first kappa shape index (κ1) is 10.5. The molecule has 3 heteroatoms. The van der Waals surface area contributed by atoms with Crippen LogP contribution in [0.5, 0.6) is 0 Å². The van der Waals surface area contributed by atoms with Gasteiger partial charge in [-0.1, -0.05) is 12.1 Å². The molecule has 0 radical (unpaired) electrons.